The van der Waals surface area contributed by atoms with Gasteiger partial charge >= 0.3 is 0 Å². The summed E-state index contributed by atoms with van der Waals surface area (Å²) in [5.41, 5.74) is 0.789. The molecule has 122 valence electrons. The van der Waals surface area contributed by atoms with E-state index in [9.17, 15) is 9.90 Å². The lowest BCUT2D eigenvalue weighted by Gasteiger charge is -2.34. The topological polar surface area (TPSA) is 56.9 Å². The molecular formula is C18H22N2O3. The number of furan rings is 1. The van der Waals surface area contributed by atoms with Crippen molar-refractivity contribution < 1.29 is 14.3 Å². The fraction of sp³-hybridized carbons (Fsp3) is 0.389. The van der Waals surface area contributed by atoms with Crippen molar-refractivity contribution in [3.63, 3.8) is 0 Å². The van der Waals surface area contributed by atoms with Gasteiger partial charge in [-0.25, -0.2) is 0 Å². The van der Waals surface area contributed by atoms with Crippen LogP contribution in [0, 0.1) is 0 Å². The second-order valence-electron chi connectivity index (χ2n) is 5.87. The minimum atomic E-state index is -0.732. The molecule has 3 rings (SSSR count). The summed E-state index contributed by atoms with van der Waals surface area (Å²) in [6.07, 6.45) is 1.09. The Bertz CT molecular complexity index is 604. The average molecular weight is 314 g/mol. The lowest BCUT2D eigenvalue weighted by molar-refractivity contribution is -0.135. The highest BCUT2D eigenvalue weighted by molar-refractivity contribution is 5.77. The number of hydrogen-bond acceptors (Lipinski definition) is 4. The standard InChI is InChI=1S/C18H22N2O3/c21-17(15-5-2-1-3-6-15)13-18(22)20-10-8-19(9-11-20)14-16-7-4-12-23-16/h1-7,12,17,21H,8-11,13-14H2. The monoisotopic (exact) mass is 314 g/mol. The number of amides is 1. The molecule has 1 aliphatic rings. The quantitative estimate of drug-likeness (QED) is 0.918. The fourth-order valence-electron chi connectivity index (χ4n) is 2.87. The van der Waals surface area contributed by atoms with Gasteiger partial charge in [-0.2, -0.15) is 0 Å². The highest BCUT2D eigenvalue weighted by atomic mass is 16.3. The van der Waals surface area contributed by atoms with Crippen LogP contribution in [0.1, 0.15) is 23.8 Å². The Morgan fingerprint density at radius 2 is 1.83 bits per heavy atom. The van der Waals surface area contributed by atoms with Crippen LogP contribution in [0.15, 0.2) is 53.1 Å². The van der Waals surface area contributed by atoms with Crippen molar-refractivity contribution in [3.8, 4) is 0 Å². The van der Waals surface area contributed by atoms with Crippen LogP contribution >= 0.6 is 0 Å². The van der Waals surface area contributed by atoms with Crippen molar-refractivity contribution in [1.29, 1.82) is 0 Å². The molecule has 2 aromatic rings. The van der Waals surface area contributed by atoms with E-state index in [0.29, 0.717) is 13.1 Å². The van der Waals surface area contributed by atoms with Crippen molar-refractivity contribution >= 4 is 5.91 Å². The van der Waals surface area contributed by atoms with Gasteiger partial charge in [-0.1, -0.05) is 30.3 Å². The van der Waals surface area contributed by atoms with Gasteiger partial charge in [0.05, 0.1) is 25.3 Å². The fourth-order valence-corrected chi connectivity index (χ4v) is 2.87. The molecule has 1 saturated heterocycles. The smallest absolute Gasteiger partial charge is 0.225 e. The van der Waals surface area contributed by atoms with Crippen LogP contribution in [0.25, 0.3) is 0 Å². The molecule has 2 heterocycles. The number of carbonyl (C=O) groups is 1. The molecule has 0 aliphatic carbocycles. The van der Waals surface area contributed by atoms with Gasteiger partial charge in [0.1, 0.15) is 5.76 Å². The van der Waals surface area contributed by atoms with Gasteiger partial charge < -0.3 is 14.4 Å². The maximum absolute atomic E-state index is 12.3. The zero-order valence-electron chi connectivity index (χ0n) is 13.1. The Balaban J connectivity index is 1.46. The molecule has 0 spiro atoms. The molecule has 1 aromatic heterocycles. The number of aliphatic hydroxyl groups is 1. The number of aliphatic hydroxyl groups excluding tert-OH is 1. The predicted molar refractivity (Wildman–Crippen MR) is 86.6 cm³/mol. The lowest BCUT2D eigenvalue weighted by Crippen LogP contribution is -2.48. The minimum Gasteiger partial charge on any atom is -0.468 e. The number of nitrogens with zero attached hydrogens (tertiary/aromatic N) is 2. The first kappa shape index (κ1) is 15.8. The molecule has 0 bridgehead atoms. The van der Waals surface area contributed by atoms with Gasteiger partial charge in [-0.05, 0) is 17.7 Å². The van der Waals surface area contributed by atoms with Crippen molar-refractivity contribution in [2.24, 2.45) is 0 Å². The van der Waals surface area contributed by atoms with Gasteiger partial charge in [-0.3, -0.25) is 9.69 Å². The normalized spacial score (nSPS) is 17.2. The SMILES string of the molecule is O=C(CC(O)c1ccccc1)N1CCN(Cc2ccco2)CC1. The first-order valence-corrected chi connectivity index (χ1v) is 7.98. The zero-order chi connectivity index (χ0) is 16.1. The molecular weight excluding hydrogens is 292 g/mol. The van der Waals surface area contributed by atoms with E-state index in [1.807, 2.05) is 47.4 Å². The Morgan fingerprint density at radius 1 is 1.09 bits per heavy atom. The molecule has 0 saturated carbocycles. The van der Waals surface area contributed by atoms with Crippen molar-refractivity contribution in [3.05, 3.63) is 60.1 Å². The van der Waals surface area contributed by atoms with Gasteiger partial charge in [0, 0.05) is 26.2 Å². The Labute approximate surface area is 136 Å². The molecule has 23 heavy (non-hydrogen) atoms. The van der Waals surface area contributed by atoms with Crippen molar-refractivity contribution in [2.75, 3.05) is 26.2 Å². The third kappa shape index (κ3) is 4.21. The summed E-state index contributed by atoms with van der Waals surface area (Å²) in [5.74, 6) is 0.961. The van der Waals surface area contributed by atoms with E-state index in [1.54, 1.807) is 6.26 Å². The summed E-state index contributed by atoms with van der Waals surface area (Å²) in [4.78, 5) is 16.4. The first-order chi connectivity index (χ1) is 11.2. The van der Waals surface area contributed by atoms with Gasteiger partial charge in [0.2, 0.25) is 5.91 Å². The summed E-state index contributed by atoms with van der Waals surface area (Å²) in [7, 11) is 0. The largest absolute Gasteiger partial charge is 0.468 e. The molecule has 1 fully saturated rings. The molecule has 5 heteroatoms. The van der Waals surface area contributed by atoms with Crippen LogP contribution in [0.4, 0.5) is 0 Å². The van der Waals surface area contributed by atoms with E-state index in [4.69, 9.17) is 4.42 Å². The number of rotatable bonds is 5. The molecule has 0 radical (unpaired) electrons. The highest BCUT2D eigenvalue weighted by Crippen LogP contribution is 2.18. The van der Waals surface area contributed by atoms with E-state index >= 15 is 0 Å². The van der Waals surface area contributed by atoms with E-state index in [-0.39, 0.29) is 12.3 Å². The third-order valence-corrected chi connectivity index (χ3v) is 4.24. The summed E-state index contributed by atoms with van der Waals surface area (Å²) in [6.45, 7) is 3.82. The van der Waals surface area contributed by atoms with Crippen LogP contribution in [0.2, 0.25) is 0 Å². The number of carbonyl (C=O) groups excluding carboxylic acids is 1. The molecule has 1 amide bonds. The van der Waals surface area contributed by atoms with E-state index in [0.717, 1.165) is 31.0 Å². The Hall–Kier alpha value is -2.11. The van der Waals surface area contributed by atoms with E-state index in [1.165, 1.54) is 0 Å². The van der Waals surface area contributed by atoms with Gasteiger partial charge in [0.25, 0.3) is 0 Å². The van der Waals surface area contributed by atoms with Crippen LogP contribution in [0.5, 0.6) is 0 Å². The molecule has 1 N–H and O–H groups in total. The van der Waals surface area contributed by atoms with Gasteiger partial charge in [0.15, 0.2) is 0 Å². The minimum absolute atomic E-state index is 0.0130. The number of hydrogen-bond donors (Lipinski definition) is 1. The summed E-state index contributed by atoms with van der Waals surface area (Å²) in [6, 6.07) is 13.2. The third-order valence-electron chi connectivity index (χ3n) is 4.24. The summed E-state index contributed by atoms with van der Waals surface area (Å²) >= 11 is 0. The summed E-state index contributed by atoms with van der Waals surface area (Å²) in [5, 5.41) is 10.2. The molecule has 1 atom stereocenters. The second-order valence-corrected chi connectivity index (χ2v) is 5.87. The number of benzene rings is 1. The van der Waals surface area contributed by atoms with E-state index < -0.39 is 6.10 Å². The van der Waals surface area contributed by atoms with Crippen LogP contribution in [-0.4, -0.2) is 47.0 Å². The maximum Gasteiger partial charge on any atom is 0.225 e. The van der Waals surface area contributed by atoms with Gasteiger partial charge in [-0.15, -0.1) is 0 Å². The van der Waals surface area contributed by atoms with Crippen molar-refractivity contribution in [2.45, 2.75) is 19.1 Å². The predicted octanol–water partition coefficient (Wildman–Crippen LogP) is 2.05. The second kappa shape index (κ2) is 7.44. The highest BCUT2D eigenvalue weighted by Gasteiger charge is 2.23. The Kier molecular flexibility index (Phi) is 5.10. The summed E-state index contributed by atoms with van der Waals surface area (Å²) < 4.78 is 5.36. The molecule has 1 aliphatic heterocycles. The lowest BCUT2D eigenvalue weighted by atomic mass is 10.1. The average Bonchev–Trinajstić information content (AvgIpc) is 3.09. The molecule has 1 unspecified atom stereocenters. The zero-order valence-corrected chi connectivity index (χ0v) is 13.1. The van der Waals surface area contributed by atoms with Crippen LogP contribution in [0.3, 0.4) is 0 Å². The molecule has 1 aromatic carbocycles. The van der Waals surface area contributed by atoms with Crippen molar-refractivity contribution in [1.82, 2.24) is 9.80 Å². The first-order valence-electron chi connectivity index (χ1n) is 7.98. The van der Waals surface area contributed by atoms with E-state index in [2.05, 4.69) is 4.90 Å². The molecule has 5 nitrogen and oxygen atoms in total. The maximum atomic E-state index is 12.3. The Morgan fingerprint density at radius 3 is 2.48 bits per heavy atom. The van der Waals surface area contributed by atoms with Crippen LogP contribution in [-0.2, 0) is 11.3 Å². The number of piperazine rings is 1. The van der Waals surface area contributed by atoms with Crippen LogP contribution < -0.4 is 0 Å².